The molecule has 0 aromatic heterocycles. The van der Waals surface area contributed by atoms with Crippen molar-refractivity contribution in [2.75, 3.05) is 11.9 Å². The van der Waals surface area contributed by atoms with E-state index >= 15 is 0 Å². The Morgan fingerprint density at radius 2 is 2.05 bits per heavy atom. The number of nitrogens with zero attached hydrogens (tertiary/aromatic N) is 1. The fourth-order valence-electron chi connectivity index (χ4n) is 1.59. The summed E-state index contributed by atoms with van der Waals surface area (Å²) in [5.74, 6) is -0.163. The fraction of sp³-hybridized carbons (Fsp3) is 0.0667. The van der Waals surface area contributed by atoms with Crippen LogP contribution in [0.1, 0.15) is 5.56 Å². The molecule has 108 valence electrons. The molecule has 21 heavy (non-hydrogen) atoms. The number of anilines is 1. The van der Waals surface area contributed by atoms with Gasteiger partial charge in [-0.2, -0.15) is 5.10 Å². The number of rotatable bonds is 5. The number of carbonyl (C=O) groups excluding carboxylic acids is 1. The van der Waals surface area contributed by atoms with Crippen LogP contribution in [-0.2, 0) is 4.79 Å². The minimum Gasteiger partial charge on any atom is -0.507 e. The molecule has 5 nitrogen and oxygen atoms in total. The van der Waals surface area contributed by atoms with Crippen LogP contribution in [0.3, 0.4) is 0 Å². The smallest absolute Gasteiger partial charge is 0.259 e. The van der Waals surface area contributed by atoms with Gasteiger partial charge >= 0.3 is 0 Å². The SMILES string of the molecule is O=C(CNc1cccc(Br)c1)N/N=C\c1ccccc1O. The minimum atomic E-state index is -0.276. The van der Waals surface area contributed by atoms with E-state index in [0.717, 1.165) is 10.2 Å². The van der Waals surface area contributed by atoms with Crippen molar-refractivity contribution in [1.29, 1.82) is 0 Å². The highest BCUT2D eigenvalue weighted by Gasteiger charge is 2.00. The monoisotopic (exact) mass is 347 g/mol. The molecule has 1 amide bonds. The number of aromatic hydroxyl groups is 1. The van der Waals surface area contributed by atoms with Crippen LogP contribution in [-0.4, -0.2) is 23.8 Å². The molecule has 0 spiro atoms. The van der Waals surface area contributed by atoms with Crippen LogP contribution in [0, 0.1) is 0 Å². The average Bonchev–Trinajstić information content (AvgIpc) is 2.47. The van der Waals surface area contributed by atoms with Crippen LogP contribution in [0.5, 0.6) is 5.75 Å². The third kappa shape index (κ3) is 4.92. The van der Waals surface area contributed by atoms with E-state index in [1.54, 1.807) is 24.3 Å². The molecule has 2 aromatic rings. The van der Waals surface area contributed by atoms with Gasteiger partial charge in [0.2, 0.25) is 0 Å². The Hall–Kier alpha value is -2.34. The van der Waals surface area contributed by atoms with Gasteiger partial charge < -0.3 is 10.4 Å². The number of hydrogen-bond acceptors (Lipinski definition) is 4. The van der Waals surface area contributed by atoms with Crippen molar-refractivity contribution < 1.29 is 9.90 Å². The van der Waals surface area contributed by atoms with Crippen molar-refractivity contribution in [2.24, 2.45) is 5.10 Å². The topological polar surface area (TPSA) is 73.7 Å². The molecule has 0 aliphatic rings. The van der Waals surface area contributed by atoms with Gasteiger partial charge in [-0.1, -0.05) is 34.1 Å². The Bertz CT molecular complexity index is 659. The molecule has 0 unspecified atom stereocenters. The highest BCUT2D eigenvalue weighted by molar-refractivity contribution is 9.10. The highest BCUT2D eigenvalue weighted by Crippen LogP contribution is 2.15. The van der Waals surface area contributed by atoms with Crippen LogP contribution in [0.2, 0.25) is 0 Å². The Morgan fingerprint density at radius 1 is 1.24 bits per heavy atom. The first-order valence-corrected chi connectivity index (χ1v) is 7.04. The summed E-state index contributed by atoms with van der Waals surface area (Å²) < 4.78 is 0.936. The van der Waals surface area contributed by atoms with Crippen molar-refractivity contribution in [3.05, 3.63) is 58.6 Å². The van der Waals surface area contributed by atoms with Crippen molar-refractivity contribution in [2.45, 2.75) is 0 Å². The second-order valence-corrected chi connectivity index (χ2v) is 5.13. The van der Waals surface area contributed by atoms with Gasteiger partial charge in [0, 0.05) is 15.7 Å². The molecular weight excluding hydrogens is 334 g/mol. The lowest BCUT2D eigenvalue weighted by Crippen LogP contribution is -2.25. The van der Waals surface area contributed by atoms with Gasteiger partial charge in [-0.3, -0.25) is 4.79 Å². The zero-order chi connectivity index (χ0) is 15.1. The molecule has 0 aliphatic carbocycles. The molecule has 0 saturated carbocycles. The quantitative estimate of drug-likeness (QED) is 0.575. The number of phenolic OH excluding ortho intramolecular Hbond substituents is 1. The Balaban J connectivity index is 1.81. The summed E-state index contributed by atoms with van der Waals surface area (Å²) in [5, 5.41) is 16.3. The lowest BCUT2D eigenvalue weighted by atomic mass is 10.2. The summed E-state index contributed by atoms with van der Waals surface area (Å²) in [6.07, 6.45) is 1.40. The van der Waals surface area contributed by atoms with Gasteiger partial charge in [0.05, 0.1) is 12.8 Å². The molecule has 3 N–H and O–H groups in total. The van der Waals surface area contributed by atoms with Gasteiger partial charge in [-0.25, -0.2) is 5.43 Å². The number of hydrazone groups is 1. The number of hydrogen-bond donors (Lipinski definition) is 3. The van der Waals surface area contributed by atoms with Crippen LogP contribution in [0.4, 0.5) is 5.69 Å². The van der Waals surface area contributed by atoms with Gasteiger partial charge in [0.15, 0.2) is 0 Å². The summed E-state index contributed by atoms with van der Waals surface area (Å²) in [6.45, 7) is 0.106. The van der Waals surface area contributed by atoms with E-state index in [2.05, 4.69) is 31.8 Å². The van der Waals surface area contributed by atoms with Crippen molar-refractivity contribution in [3.8, 4) is 5.75 Å². The van der Waals surface area contributed by atoms with E-state index in [-0.39, 0.29) is 18.2 Å². The van der Waals surface area contributed by atoms with Crippen molar-refractivity contribution >= 4 is 33.7 Å². The zero-order valence-corrected chi connectivity index (χ0v) is 12.7. The molecule has 0 saturated heterocycles. The largest absolute Gasteiger partial charge is 0.507 e. The molecule has 6 heteroatoms. The van der Waals surface area contributed by atoms with E-state index in [9.17, 15) is 9.90 Å². The maximum absolute atomic E-state index is 11.6. The van der Waals surface area contributed by atoms with Crippen LogP contribution in [0.15, 0.2) is 58.1 Å². The van der Waals surface area contributed by atoms with Crippen LogP contribution >= 0.6 is 15.9 Å². The lowest BCUT2D eigenvalue weighted by molar-refractivity contribution is -0.119. The summed E-state index contributed by atoms with van der Waals surface area (Å²) in [4.78, 5) is 11.6. The molecule has 0 fully saturated rings. The number of benzene rings is 2. The second-order valence-electron chi connectivity index (χ2n) is 4.22. The third-order valence-electron chi connectivity index (χ3n) is 2.61. The van der Waals surface area contributed by atoms with E-state index in [1.807, 2.05) is 24.3 Å². The third-order valence-corrected chi connectivity index (χ3v) is 3.10. The molecular formula is C15H14BrN3O2. The maximum atomic E-state index is 11.6. The van der Waals surface area contributed by atoms with E-state index in [0.29, 0.717) is 5.56 Å². The number of amides is 1. The Kier molecular flexibility index (Phi) is 5.34. The molecule has 0 radical (unpaired) electrons. The number of phenols is 1. The second kappa shape index (κ2) is 7.44. The summed E-state index contributed by atoms with van der Waals surface area (Å²) in [6, 6.07) is 14.3. The van der Waals surface area contributed by atoms with Gasteiger partial charge in [0.1, 0.15) is 5.75 Å². The number of halogens is 1. The number of carbonyl (C=O) groups is 1. The number of para-hydroxylation sites is 1. The molecule has 2 aromatic carbocycles. The van der Waals surface area contributed by atoms with Crippen LogP contribution < -0.4 is 10.7 Å². The normalized spacial score (nSPS) is 10.5. The summed E-state index contributed by atoms with van der Waals surface area (Å²) in [5.41, 5.74) is 3.77. The first-order chi connectivity index (χ1) is 10.1. The Labute approximate surface area is 130 Å². The minimum absolute atomic E-state index is 0.106. The van der Waals surface area contributed by atoms with Crippen molar-refractivity contribution in [3.63, 3.8) is 0 Å². The summed E-state index contributed by atoms with van der Waals surface area (Å²) in [7, 11) is 0. The van der Waals surface area contributed by atoms with E-state index in [4.69, 9.17) is 0 Å². The zero-order valence-electron chi connectivity index (χ0n) is 11.1. The Morgan fingerprint density at radius 3 is 2.81 bits per heavy atom. The maximum Gasteiger partial charge on any atom is 0.259 e. The molecule has 2 rings (SSSR count). The first kappa shape index (κ1) is 15.1. The number of nitrogens with one attached hydrogen (secondary N) is 2. The van der Waals surface area contributed by atoms with Gasteiger partial charge in [-0.05, 0) is 30.3 Å². The molecule has 0 aliphatic heterocycles. The van der Waals surface area contributed by atoms with Gasteiger partial charge in [-0.15, -0.1) is 0 Å². The summed E-state index contributed by atoms with van der Waals surface area (Å²) >= 11 is 3.36. The van der Waals surface area contributed by atoms with Crippen LogP contribution in [0.25, 0.3) is 0 Å². The first-order valence-electron chi connectivity index (χ1n) is 6.24. The molecule has 0 bridgehead atoms. The lowest BCUT2D eigenvalue weighted by Gasteiger charge is -2.05. The van der Waals surface area contributed by atoms with E-state index < -0.39 is 0 Å². The molecule has 0 heterocycles. The fourth-order valence-corrected chi connectivity index (χ4v) is 1.99. The standard InChI is InChI=1S/C15H14BrN3O2/c16-12-5-3-6-13(8-12)17-10-15(21)19-18-9-11-4-1-2-7-14(11)20/h1-9,17,20H,10H2,(H,19,21)/b18-9-. The average molecular weight is 348 g/mol. The van der Waals surface area contributed by atoms with Gasteiger partial charge in [0.25, 0.3) is 5.91 Å². The predicted molar refractivity (Wildman–Crippen MR) is 86.5 cm³/mol. The highest BCUT2D eigenvalue weighted by atomic mass is 79.9. The van der Waals surface area contributed by atoms with E-state index in [1.165, 1.54) is 6.21 Å². The predicted octanol–water partition coefficient (Wildman–Crippen LogP) is 2.72. The van der Waals surface area contributed by atoms with Crippen molar-refractivity contribution in [1.82, 2.24) is 5.43 Å². The molecule has 0 atom stereocenters.